The van der Waals surface area contributed by atoms with Gasteiger partial charge in [0.15, 0.2) is 0 Å². The molecule has 3 nitrogen and oxygen atoms in total. The van der Waals surface area contributed by atoms with Gasteiger partial charge in [-0.05, 0) is 63.8 Å². The minimum atomic E-state index is -0.196. The van der Waals surface area contributed by atoms with Crippen molar-refractivity contribution in [1.29, 1.82) is 0 Å². The third-order valence-corrected chi connectivity index (χ3v) is 7.81. The largest absolute Gasteiger partial charge is 0.358 e. The molecule has 4 rings (SSSR count). The van der Waals surface area contributed by atoms with Crippen LogP contribution < -0.4 is 9.80 Å². The van der Waals surface area contributed by atoms with Gasteiger partial charge in [0.2, 0.25) is 0 Å². The summed E-state index contributed by atoms with van der Waals surface area (Å²) in [5.74, 6) is 1.07. The maximum atomic E-state index is 5.78. The van der Waals surface area contributed by atoms with Crippen LogP contribution in [0.3, 0.4) is 0 Å². The Morgan fingerprint density at radius 2 is 1.26 bits per heavy atom. The van der Waals surface area contributed by atoms with Gasteiger partial charge in [0.25, 0.3) is 0 Å². The minimum absolute atomic E-state index is 0. The number of halogens is 1. The van der Waals surface area contributed by atoms with E-state index < -0.39 is 0 Å². The number of aryl methyl sites for hydroxylation is 6. The number of hydrogen-bond donors (Lipinski definition) is 0. The molecular formula is C33H44ClN2ORu-2. The molecule has 0 spiro atoms. The van der Waals surface area contributed by atoms with Gasteiger partial charge in [-0.1, -0.05) is 35.4 Å². The molecule has 0 radical (unpaired) electrons. The van der Waals surface area contributed by atoms with Crippen LogP contribution in [0.15, 0.2) is 48.5 Å². The summed E-state index contributed by atoms with van der Waals surface area (Å²) in [7, 11) is 9.73. The molecule has 38 heavy (non-hydrogen) atoms. The predicted molar refractivity (Wildman–Crippen MR) is 165 cm³/mol. The average Bonchev–Trinajstić information content (AvgIpc) is 3.27. The van der Waals surface area contributed by atoms with Crippen molar-refractivity contribution in [3.63, 3.8) is 0 Å². The van der Waals surface area contributed by atoms with Crippen molar-refractivity contribution in [1.82, 2.24) is 0 Å². The molecule has 3 aromatic carbocycles. The molecule has 0 aromatic heterocycles. The van der Waals surface area contributed by atoms with E-state index in [1.54, 1.807) is 0 Å². The third kappa shape index (κ3) is 7.70. The van der Waals surface area contributed by atoms with Crippen molar-refractivity contribution in [2.24, 2.45) is 0 Å². The number of rotatable bonds is 5. The summed E-state index contributed by atoms with van der Waals surface area (Å²) in [4.78, 5) is 4.81. The fourth-order valence-electron chi connectivity index (χ4n) is 5.19. The Labute approximate surface area is 243 Å². The van der Waals surface area contributed by atoms with Crippen LogP contribution in [0.1, 0.15) is 52.8 Å². The Bertz CT molecular complexity index is 1140. The second-order valence-electron chi connectivity index (χ2n) is 10.2. The van der Waals surface area contributed by atoms with Gasteiger partial charge in [-0.2, -0.15) is 6.67 Å². The zero-order valence-corrected chi connectivity index (χ0v) is 27.0. The number of hydrogen-bond acceptors (Lipinski definition) is 2. The molecule has 3 aromatic rings. The Morgan fingerprint density at radius 3 is 1.66 bits per heavy atom. The summed E-state index contributed by atoms with van der Waals surface area (Å²) in [6, 6.07) is 17.2. The molecule has 0 N–H and O–H groups in total. The molecule has 0 saturated carbocycles. The maximum absolute atomic E-state index is 5.78. The first-order valence-electron chi connectivity index (χ1n) is 12.7. The van der Waals surface area contributed by atoms with Gasteiger partial charge in [0.05, 0.1) is 0 Å². The summed E-state index contributed by atoms with van der Waals surface area (Å²) >= 11 is -0.196. The Kier molecular flexibility index (Phi) is 12.1. The maximum Gasteiger partial charge on any atom is -0.358 e. The van der Waals surface area contributed by atoms with Crippen molar-refractivity contribution < 1.29 is 20.1 Å². The van der Waals surface area contributed by atoms with Crippen LogP contribution in [-0.4, -0.2) is 23.8 Å². The van der Waals surface area contributed by atoms with Gasteiger partial charge >= 0.3 is 97.0 Å². The van der Waals surface area contributed by atoms with Crippen LogP contribution in [-0.2, 0) is 20.1 Å². The second kappa shape index (κ2) is 14.3. The fraction of sp³-hybridized carbons (Fsp3) is 0.333. The Morgan fingerprint density at radius 1 is 0.842 bits per heavy atom. The number of para-hydroxylation sites is 1. The standard InChI is InChI=1S/C21H27N2.C11H14O.CH3.ClH.Ru/c1-14-9-16(3)20(17(4)10-14)22-7-8-23(13-22)21-18(5)11-15(2)12-19(21)6;1-9(2)12(4)11-8-6-5-7-10(11)3;;;/h9-13H,7-8H2,1-6H3;3,5-9H,4H2,1-2H3;1H3;1H;/q-1;;-1;;+1/p-1. The molecule has 1 aliphatic heterocycles. The monoisotopic (exact) mass is 621 g/mol. The zero-order chi connectivity index (χ0) is 27.3. The molecule has 1 fully saturated rings. The second-order valence-corrected chi connectivity index (χ2v) is 12.0. The average molecular weight is 621 g/mol. The zero-order valence-electron chi connectivity index (χ0n) is 24.5. The molecule has 209 valence electrons. The van der Waals surface area contributed by atoms with Crippen LogP contribution in [0.5, 0.6) is 5.75 Å². The summed E-state index contributed by atoms with van der Waals surface area (Å²) in [5.41, 5.74) is 12.0. The molecule has 5 heteroatoms. The smallest absolute Gasteiger partial charge is 0.358 e. The van der Waals surface area contributed by atoms with Gasteiger partial charge in [-0.15, -0.1) is 0 Å². The van der Waals surface area contributed by atoms with E-state index in [1.165, 1.54) is 44.8 Å². The van der Waals surface area contributed by atoms with Crippen molar-refractivity contribution in [3.8, 4) is 5.75 Å². The van der Waals surface area contributed by atoms with Gasteiger partial charge in [-0.3, -0.25) is 0 Å². The van der Waals surface area contributed by atoms with Gasteiger partial charge in [0, 0.05) is 24.5 Å². The summed E-state index contributed by atoms with van der Waals surface area (Å²) in [5, 5.41) is 0. The number of anilines is 2. The Hall–Kier alpha value is -2.16. The summed E-state index contributed by atoms with van der Waals surface area (Å²) in [6.07, 6.45) is 0.315. The third-order valence-electron chi connectivity index (χ3n) is 6.62. The van der Waals surface area contributed by atoms with Crippen LogP contribution in [0, 0.1) is 62.7 Å². The van der Waals surface area contributed by atoms with Gasteiger partial charge < -0.3 is 17.2 Å². The fourth-order valence-corrected chi connectivity index (χ4v) is 6.30. The predicted octanol–water partition coefficient (Wildman–Crippen LogP) is 8.97. The van der Waals surface area contributed by atoms with Crippen LogP contribution >= 0.6 is 9.69 Å². The molecular weight excluding hydrogens is 577 g/mol. The molecule has 1 saturated heterocycles. The number of benzene rings is 3. The van der Waals surface area contributed by atoms with E-state index in [0.717, 1.165) is 24.4 Å². The molecule has 0 unspecified atom stereocenters. The van der Waals surface area contributed by atoms with E-state index >= 15 is 0 Å². The van der Waals surface area contributed by atoms with Crippen molar-refractivity contribution >= 4 is 25.7 Å². The first kappa shape index (κ1) is 32.1. The van der Waals surface area contributed by atoms with E-state index in [0.29, 0.717) is 6.10 Å². The van der Waals surface area contributed by atoms with Crippen LogP contribution in [0.2, 0.25) is 0 Å². The molecule has 0 amide bonds. The molecule has 0 bridgehead atoms. The van der Waals surface area contributed by atoms with Gasteiger partial charge in [0.1, 0.15) is 0 Å². The Balaban J connectivity index is 0.000000292. The summed E-state index contributed by atoms with van der Waals surface area (Å²) in [6.45, 7) is 21.7. The molecule has 1 heterocycles. The van der Waals surface area contributed by atoms with E-state index in [9.17, 15) is 0 Å². The van der Waals surface area contributed by atoms with E-state index in [4.69, 9.17) is 9.69 Å². The van der Waals surface area contributed by atoms with Crippen molar-refractivity contribution in [3.05, 3.63) is 109 Å². The normalized spacial score (nSPS) is 13.2. The van der Waals surface area contributed by atoms with E-state index in [1.807, 2.05) is 18.2 Å². The number of nitrogens with zero attached hydrogens (tertiary/aromatic N) is 2. The van der Waals surface area contributed by atoms with E-state index in [-0.39, 0.29) is 23.1 Å². The molecule has 0 atom stereocenters. The molecule has 0 aliphatic carbocycles. The van der Waals surface area contributed by atoms with Crippen LogP contribution in [0.25, 0.3) is 0 Å². The minimum Gasteiger partial charge on any atom is -0.358 e. The SMILES string of the molecule is Cc1cc(C)c(N2[CH-]N(c3c(C)cc(C)cc3C)CC2)c(C)c1.[CH2-][O+](c1ccccc1[CH]=[Ru][Cl])C(C)C.[CH3-]. The first-order valence-corrected chi connectivity index (χ1v) is 16.0. The summed E-state index contributed by atoms with van der Waals surface area (Å²) < 4.78 is 4.91. The quantitative estimate of drug-likeness (QED) is 0.160. The topological polar surface area (TPSA) is 9.18 Å². The first-order chi connectivity index (χ1) is 17.5. The van der Waals surface area contributed by atoms with Crippen LogP contribution in [0.4, 0.5) is 11.4 Å². The molecule has 1 aliphatic rings. The van der Waals surface area contributed by atoms with Crippen molar-refractivity contribution in [2.45, 2.75) is 61.5 Å². The van der Waals surface area contributed by atoms with Gasteiger partial charge in [-0.25, -0.2) is 0 Å². The van der Waals surface area contributed by atoms with E-state index in [2.05, 4.69) is 118 Å². The van der Waals surface area contributed by atoms with Crippen molar-refractivity contribution in [2.75, 3.05) is 22.9 Å².